The fourth-order valence-electron chi connectivity index (χ4n) is 1.99. The van der Waals surface area contributed by atoms with E-state index in [-0.39, 0.29) is 22.5 Å². The highest BCUT2D eigenvalue weighted by molar-refractivity contribution is 6.28. The number of rotatable bonds is 6. The van der Waals surface area contributed by atoms with E-state index in [1.54, 1.807) is 6.20 Å². The Kier molecular flexibility index (Phi) is 4.69. The highest BCUT2D eigenvalue weighted by atomic mass is 35.5. The van der Waals surface area contributed by atoms with Gasteiger partial charge in [0.15, 0.2) is 0 Å². The molecule has 2 heterocycles. The van der Waals surface area contributed by atoms with Crippen LogP contribution in [0.1, 0.15) is 23.4 Å². The quantitative estimate of drug-likeness (QED) is 0.367. The maximum Gasteiger partial charge on any atom is 0.332 e. The molecule has 0 aliphatic rings. The zero-order chi connectivity index (χ0) is 15.4. The Morgan fingerprint density at radius 1 is 1.43 bits per heavy atom. The summed E-state index contributed by atoms with van der Waals surface area (Å²) in [6, 6.07) is 0. The van der Waals surface area contributed by atoms with Gasteiger partial charge < -0.3 is 5.32 Å². The summed E-state index contributed by atoms with van der Waals surface area (Å²) in [6.45, 7) is 4.03. The molecular weight excluding hydrogens is 296 g/mol. The Bertz CT molecular complexity index is 657. The first-order valence-electron chi connectivity index (χ1n) is 6.40. The summed E-state index contributed by atoms with van der Waals surface area (Å²) in [5.74, 6) is 0.154. The van der Waals surface area contributed by atoms with Gasteiger partial charge in [-0.05, 0) is 43.9 Å². The van der Waals surface area contributed by atoms with Crippen LogP contribution in [0.5, 0.6) is 0 Å². The molecule has 8 nitrogen and oxygen atoms in total. The summed E-state index contributed by atoms with van der Waals surface area (Å²) in [5.41, 5.74) is 2.26. The molecule has 0 aliphatic heterocycles. The molecule has 0 aromatic carbocycles. The Balaban J connectivity index is 2.00. The van der Waals surface area contributed by atoms with Gasteiger partial charge in [0, 0.05) is 12.2 Å². The molecule has 2 aromatic heterocycles. The largest absolute Gasteiger partial charge is 0.364 e. The summed E-state index contributed by atoms with van der Waals surface area (Å²) in [5, 5.41) is 20.8. The molecule has 21 heavy (non-hydrogen) atoms. The van der Waals surface area contributed by atoms with Crippen molar-refractivity contribution in [3.05, 3.63) is 38.5 Å². The molecule has 0 saturated heterocycles. The summed E-state index contributed by atoms with van der Waals surface area (Å²) in [7, 11) is 0. The van der Waals surface area contributed by atoms with E-state index in [9.17, 15) is 10.1 Å². The van der Waals surface area contributed by atoms with E-state index in [0.29, 0.717) is 6.54 Å². The maximum atomic E-state index is 11.0. The number of nitro groups is 1. The fourth-order valence-corrected chi connectivity index (χ4v) is 2.20. The molecule has 2 N–H and O–H groups in total. The van der Waals surface area contributed by atoms with E-state index in [4.69, 9.17) is 11.6 Å². The van der Waals surface area contributed by atoms with Crippen LogP contribution in [0, 0.1) is 24.0 Å². The number of aromatic amines is 1. The van der Waals surface area contributed by atoms with Gasteiger partial charge in [-0.25, -0.2) is 4.98 Å². The molecule has 0 spiro atoms. The second kappa shape index (κ2) is 6.49. The van der Waals surface area contributed by atoms with Gasteiger partial charge in [0.1, 0.15) is 5.69 Å². The van der Waals surface area contributed by atoms with Gasteiger partial charge in [-0.15, -0.1) is 0 Å². The van der Waals surface area contributed by atoms with E-state index in [1.165, 1.54) is 6.92 Å². The van der Waals surface area contributed by atoms with Gasteiger partial charge in [0.25, 0.3) is 0 Å². The van der Waals surface area contributed by atoms with Crippen molar-refractivity contribution in [2.24, 2.45) is 0 Å². The fraction of sp³-hybridized carbons (Fsp3) is 0.417. The molecular formula is C12H15ClN6O2. The van der Waals surface area contributed by atoms with Crippen LogP contribution in [-0.2, 0) is 6.42 Å². The molecule has 0 unspecified atom stereocenters. The Hall–Kier alpha value is -2.22. The maximum absolute atomic E-state index is 11.0. The Labute approximate surface area is 126 Å². The highest BCUT2D eigenvalue weighted by Gasteiger charge is 2.21. The van der Waals surface area contributed by atoms with E-state index in [1.807, 2.05) is 6.92 Å². The SMILES string of the molecule is Cc1nc(Cl)nc(NCCCc2cn[nH]c2C)c1[N+](=O)[O-]. The number of aromatic nitrogens is 4. The molecule has 0 bridgehead atoms. The standard InChI is InChI=1S/C12H15ClN6O2/c1-7-9(6-15-18-7)4-3-5-14-11-10(19(20)21)8(2)16-12(13)17-11/h6H,3-5H2,1-2H3,(H,15,18)(H,14,16,17). The molecule has 112 valence electrons. The van der Waals surface area contributed by atoms with Crippen LogP contribution in [0.4, 0.5) is 11.5 Å². The van der Waals surface area contributed by atoms with Crippen molar-refractivity contribution >= 4 is 23.1 Å². The van der Waals surface area contributed by atoms with Gasteiger partial charge in [-0.1, -0.05) is 0 Å². The Morgan fingerprint density at radius 2 is 2.19 bits per heavy atom. The first-order chi connectivity index (χ1) is 9.99. The summed E-state index contributed by atoms with van der Waals surface area (Å²) in [6.07, 6.45) is 3.39. The van der Waals surface area contributed by atoms with Gasteiger partial charge >= 0.3 is 5.69 Å². The molecule has 9 heteroatoms. The van der Waals surface area contributed by atoms with Crippen molar-refractivity contribution in [2.45, 2.75) is 26.7 Å². The number of hydrogen-bond donors (Lipinski definition) is 2. The third kappa shape index (κ3) is 3.66. The zero-order valence-electron chi connectivity index (χ0n) is 11.7. The minimum absolute atomic E-state index is 0.00807. The van der Waals surface area contributed by atoms with E-state index in [2.05, 4.69) is 25.5 Å². The van der Waals surface area contributed by atoms with Crippen LogP contribution < -0.4 is 5.32 Å². The van der Waals surface area contributed by atoms with Gasteiger partial charge in [-0.2, -0.15) is 10.1 Å². The number of nitrogens with zero attached hydrogens (tertiary/aromatic N) is 4. The number of hydrogen-bond acceptors (Lipinski definition) is 6. The van der Waals surface area contributed by atoms with Crippen molar-refractivity contribution < 1.29 is 4.92 Å². The molecule has 0 saturated carbocycles. The first kappa shape index (κ1) is 15.2. The highest BCUT2D eigenvalue weighted by Crippen LogP contribution is 2.26. The van der Waals surface area contributed by atoms with E-state index >= 15 is 0 Å². The van der Waals surface area contributed by atoms with E-state index < -0.39 is 4.92 Å². The van der Waals surface area contributed by atoms with Crippen LogP contribution in [0.25, 0.3) is 0 Å². The van der Waals surface area contributed by atoms with Crippen LogP contribution in [-0.4, -0.2) is 31.6 Å². The zero-order valence-corrected chi connectivity index (χ0v) is 12.4. The molecule has 0 fully saturated rings. The van der Waals surface area contributed by atoms with E-state index in [0.717, 1.165) is 24.1 Å². The predicted octanol–water partition coefficient (Wildman–Crippen LogP) is 2.42. The third-order valence-electron chi connectivity index (χ3n) is 3.06. The number of halogens is 1. The number of H-pyrrole nitrogens is 1. The van der Waals surface area contributed by atoms with Gasteiger partial charge in [-0.3, -0.25) is 15.2 Å². The van der Waals surface area contributed by atoms with Gasteiger partial charge in [0.05, 0.1) is 11.1 Å². The summed E-state index contributed by atoms with van der Waals surface area (Å²) >= 11 is 5.74. The van der Waals surface area contributed by atoms with Crippen LogP contribution in [0.2, 0.25) is 5.28 Å². The number of anilines is 1. The lowest BCUT2D eigenvalue weighted by atomic mass is 10.1. The van der Waals surface area contributed by atoms with Crippen molar-refractivity contribution in [3.8, 4) is 0 Å². The van der Waals surface area contributed by atoms with Crippen LogP contribution in [0.15, 0.2) is 6.20 Å². The second-order valence-corrected chi connectivity index (χ2v) is 4.92. The average molecular weight is 311 g/mol. The minimum Gasteiger partial charge on any atom is -0.364 e. The monoisotopic (exact) mass is 310 g/mol. The first-order valence-corrected chi connectivity index (χ1v) is 6.78. The van der Waals surface area contributed by atoms with Crippen LogP contribution in [0.3, 0.4) is 0 Å². The van der Waals surface area contributed by atoms with Crippen molar-refractivity contribution in [3.63, 3.8) is 0 Å². The van der Waals surface area contributed by atoms with Crippen LogP contribution >= 0.6 is 11.6 Å². The number of nitrogens with one attached hydrogen (secondary N) is 2. The van der Waals surface area contributed by atoms with Gasteiger partial charge in [0.2, 0.25) is 11.1 Å². The lowest BCUT2D eigenvalue weighted by molar-refractivity contribution is -0.385. The topological polar surface area (TPSA) is 110 Å². The van der Waals surface area contributed by atoms with Crippen molar-refractivity contribution in [1.29, 1.82) is 0 Å². The van der Waals surface area contributed by atoms with Crippen molar-refractivity contribution in [1.82, 2.24) is 20.2 Å². The Morgan fingerprint density at radius 3 is 2.81 bits per heavy atom. The van der Waals surface area contributed by atoms with Crippen molar-refractivity contribution in [2.75, 3.05) is 11.9 Å². The normalized spacial score (nSPS) is 10.6. The molecule has 0 aliphatic carbocycles. The summed E-state index contributed by atoms with van der Waals surface area (Å²) < 4.78 is 0. The lowest BCUT2D eigenvalue weighted by Gasteiger charge is -2.07. The second-order valence-electron chi connectivity index (χ2n) is 4.58. The average Bonchev–Trinajstić information content (AvgIpc) is 2.79. The summed E-state index contributed by atoms with van der Waals surface area (Å²) in [4.78, 5) is 18.2. The molecule has 0 amide bonds. The smallest absolute Gasteiger partial charge is 0.332 e. The molecule has 2 rings (SSSR count). The predicted molar refractivity (Wildman–Crippen MR) is 78.6 cm³/mol. The molecule has 2 aromatic rings. The minimum atomic E-state index is -0.506. The third-order valence-corrected chi connectivity index (χ3v) is 3.23. The molecule has 0 atom stereocenters. The lowest BCUT2D eigenvalue weighted by Crippen LogP contribution is -2.09. The number of aryl methyl sites for hydroxylation is 3. The molecule has 0 radical (unpaired) electrons.